The van der Waals surface area contributed by atoms with Crippen LogP contribution in [0, 0.1) is 0 Å². The second-order valence-electron chi connectivity index (χ2n) is 4.46. The number of rotatable bonds is 2. The van der Waals surface area contributed by atoms with Crippen molar-refractivity contribution in [1.29, 1.82) is 0 Å². The molecule has 0 saturated carbocycles. The Hall–Kier alpha value is -2.09. The van der Waals surface area contributed by atoms with Gasteiger partial charge in [-0.2, -0.15) is 4.40 Å². The largest absolute Gasteiger partial charge is 0.496 e. The minimum atomic E-state index is 0.926. The summed E-state index contributed by atoms with van der Waals surface area (Å²) in [6.45, 7) is 2.17. The molecule has 18 heavy (non-hydrogen) atoms. The minimum Gasteiger partial charge on any atom is -0.496 e. The Morgan fingerprint density at radius 3 is 2.78 bits per heavy atom. The van der Waals surface area contributed by atoms with E-state index in [2.05, 4.69) is 48.0 Å². The van der Waals surface area contributed by atoms with E-state index in [0.29, 0.717) is 0 Å². The number of nitrogens with zero attached hydrogens (tertiary/aromatic N) is 1. The van der Waals surface area contributed by atoms with Gasteiger partial charge in [0.2, 0.25) is 5.52 Å². The van der Waals surface area contributed by atoms with Crippen molar-refractivity contribution in [3.05, 3.63) is 54.4 Å². The smallest absolute Gasteiger partial charge is 0.211 e. The second-order valence-corrected chi connectivity index (χ2v) is 4.46. The van der Waals surface area contributed by atoms with Crippen LogP contribution in [0.4, 0.5) is 0 Å². The highest BCUT2D eigenvalue weighted by Gasteiger charge is 2.09. The topological polar surface area (TPSA) is 13.3 Å². The summed E-state index contributed by atoms with van der Waals surface area (Å²) < 4.78 is 7.59. The molecule has 0 amide bonds. The van der Waals surface area contributed by atoms with Crippen LogP contribution >= 0.6 is 0 Å². The first kappa shape index (κ1) is 11.0. The van der Waals surface area contributed by atoms with Crippen molar-refractivity contribution in [2.75, 3.05) is 7.11 Å². The maximum Gasteiger partial charge on any atom is 0.211 e. The summed E-state index contributed by atoms with van der Waals surface area (Å²) in [6.07, 6.45) is 5.40. The third kappa shape index (κ3) is 1.70. The highest BCUT2D eigenvalue weighted by atomic mass is 16.5. The van der Waals surface area contributed by atoms with E-state index in [-0.39, 0.29) is 0 Å². The quantitative estimate of drug-likeness (QED) is 0.494. The lowest BCUT2D eigenvalue weighted by atomic mass is 10.1. The summed E-state index contributed by atoms with van der Waals surface area (Å²) in [5.74, 6) is 0.926. The fraction of sp³-hybridized carbons (Fsp3) is 0.188. The van der Waals surface area contributed by atoms with Crippen LogP contribution in [0.25, 0.3) is 16.3 Å². The fourth-order valence-electron chi connectivity index (χ4n) is 2.32. The summed E-state index contributed by atoms with van der Waals surface area (Å²) >= 11 is 0. The molecule has 2 heterocycles. The van der Waals surface area contributed by atoms with Crippen LogP contribution in [-0.4, -0.2) is 7.11 Å². The first-order valence-corrected chi connectivity index (χ1v) is 6.22. The second kappa shape index (κ2) is 4.30. The van der Waals surface area contributed by atoms with Crippen molar-refractivity contribution in [3.63, 3.8) is 0 Å². The van der Waals surface area contributed by atoms with Crippen LogP contribution in [0.5, 0.6) is 5.75 Å². The molecule has 0 saturated heterocycles. The van der Waals surface area contributed by atoms with Gasteiger partial charge in [0.1, 0.15) is 5.75 Å². The molecule has 0 fully saturated rings. The van der Waals surface area contributed by atoms with Gasteiger partial charge in [-0.05, 0) is 24.6 Å². The van der Waals surface area contributed by atoms with Gasteiger partial charge in [-0.25, -0.2) is 0 Å². The van der Waals surface area contributed by atoms with Crippen LogP contribution in [0.3, 0.4) is 0 Å². The van der Waals surface area contributed by atoms with Gasteiger partial charge in [-0.15, -0.1) is 0 Å². The molecule has 2 nitrogen and oxygen atoms in total. The summed E-state index contributed by atoms with van der Waals surface area (Å²) in [7, 11) is 1.71. The molecular weight excluding hydrogens is 222 g/mol. The van der Waals surface area contributed by atoms with E-state index in [1.54, 1.807) is 7.11 Å². The van der Waals surface area contributed by atoms with E-state index in [9.17, 15) is 0 Å². The van der Waals surface area contributed by atoms with Crippen LogP contribution in [0.15, 0.2) is 48.8 Å². The van der Waals surface area contributed by atoms with Crippen molar-refractivity contribution in [3.8, 4) is 5.75 Å². The standard InChI is InChI=1S/C16H16NO/c1-3-12-7-8-14-9-15-13(11-17(14)10-12)5-4-6-16(15)18-2/h4-11H,3H2,1-2H3/q+1. The molecule has 0 N–H and O–H groups in total. The average molecular weight is 238 g/mol. The van der Waals surface area contributed by atoms with Gasteiger partial charge in [0.05, 0.1) is 7.11 Å². The van der Waals surface area contributed by atoms with Crippen molar-refractivity contribution >= 4 is 16.3 Å². The molecule has 0 radical (unpaired) electrons. The summed E-state index contributed by atoms with van der Waals surface area (Å²) in [5, 5.41) is 2.35. The molecule has 2 heteroatoms. The van der Waals surface area contributed by atoms with Crippen LogP contribution < -0.4 is 9.14 Å². The van der Waals surface area contributed by atoms with Crippen molar-refractivity contribution in [2.45, 2.75) is 13.3 Å². The molecule has 90 valence electrons. The minimum absolute atomic E-state index is 0.926. The monoisotopic (exact) mass is 238 g/mol. The number of ether oxygens (including phenoxy) is 1. The molecule has 3 rings (SSSR count). The molecule has 0 atom stereocenters. The molecule has 0 aliphatic carbocycles. The molecule has 1 aromatic carbocycles. The molecule has 0 unspecified atom stereocenters. The zero-order valence-electron chi connectivity index (χ0n) is 10.7. The Morgan fingerprint density at radius 2 is 2.00 bits per heavy atom. The summed E-state index contributed by atoms with van der Waals surface area (Å²) in [4.78, 5) is 0. The van der Waals surface area contributed by atoms with Gasteiger partial charge < -0.3 is 4.74 Å². The third-order valence-electron chi connectivity index (χ3n) is 3.37. The van der Waals surface area contributed by atoms with Gasteiger partial charge in [0, 0.05) is 28.5 Å². The SMILES string of the molecule is CCc1ccc2cc3c(OC)cccc3c[n+]2c1. The molecule has 0 aliphatic heterocycles. The highest BCUT2D eigenvalue weighted by Crippen LogP contribution is 2.25. The lowest BCUT2D eigenvalue weighted by Crippen LogP contribution is -2.21. The Bertz CT molecular complexity index is 718. The number of benzene rings is 1. The number of aryl methyl sites for hydroxylation is 1. The maximum absolute atomic E-state index is 5.41. The van der Waals surface area contributed by atoms with Gasteiger partial charge in [0.15, 0.2) is 12.4 Å². The van der Waals surface area contributed by atoms with Crippen LogP contribution in [0.1, 0.15) is 12.5 Å². The lowest BCUT2D eigenvalue weighted by molar-refractivity contribution is -0.510. The Labute approximate surface area is 106 Å². The maximum atomic E-state index is 5.41. The van der Waals surface area contributed by atoms with Crippen molar-refractivity contribution in [1.82, 2.24) is 0 Å². The predicted molar refractivity (Wildman–Crippen MR) is 73.0 cm³/mol. The fourth-order valence-corrected chi connectivity index (χ4v) is 2.32. The van der Waals surface area contributed by atoms with Gasteiger partial charge >= 0.3 is 0 Å². The van der Waals surface area contributed by atoms with E-state index >= 15 is 0 Å². The van der Waals surface area contributed by atoms with E-state index in [1.807, 2.05) is 12.1 Å². The normalized spacial score (nSPS) is 11.0. The first-order chi connectivity index (χ1) is 8.81. The molecule has 2 aromatic heterocycles. The number of methoxy groups -OCH3 is 1. The van der Waals surface area contributed by atoms with Gasteiger partial charge in [-0.1, -0.05) is 13.0 Å². The van der Waals surface area contributed by atoms with Crippen molar-refractivity contribution in [2.24, 2.45) is 0 Å². The number of pyridine rings is 2. The summed E-state index contributed by atoms with van der Waals surface area (Å²) in [6, 6.07) is 12.6. The van der Waals surface area contributed by atoms with Gasteiger partial charge in [-0.3, -0.25) is 0 Å². The lowest BCUT2D eigenvalue weighted by Gasteiger charge is -2.04. The van der Waals surface area contributed by atoms with E-state index in [0.717, 1.165) is 17.6 Å². The molecular formula is C16H16NO+. The first-order valence-electron chi connectivity index (χ1n) is 6.22. The number of fused-ring (bicyclic) bond motifs is 2. The molecule has 0 aliphatic rings. The molecule has 0 spiro atoms. The predicted octanol–water partition coefficient (Wildman–Crippen LogP) is 3.15. The van der Waals surface area contributed by atoms with E-state index < -0.39 is 0 Å². The third-order valence-corrected chi connectivity index (χ3v) is 3.37. The number of aromatic nitrogens is 1. The average Bonchev–Trinajstić information content (AvgIpc) is 2.43. The number of hydrogen-bond donors (Lipinski definition) is 0. The van der Waals surface area contributed by atoms with Gasteiger partial charge in [0.25, 0.3) is 0 Å². The zero-order chi connectivity index (χ0) is 12.5. The van der Waals surface area contributed by atoms with Crippen LogP contribution in [-0.2, 0) is 6.42 Å². The van der Waals surface area contributed by atoms with Crippen molar-refractivity contribution < 1.29 is 9.14 Å². The zero-order valence-corrected chi connectivity index (χ0v) is 10.7. The van der Waals surface area contributed by atoms with E-state index in [1.165, 1.54) is 16.5 Å². The Morgan fingerprint density at radius 1 is 1.11 bits per heavy atom. The number of hydrogen-bond acceptors (Lipinski definition) is 1. The Balaban J connectivity index is 2.35. The summed E-state index contributed by atoms with van der Waals surface area (Å²) in [5.41, 5.74) is 2.53. The molecule has 3 aromatic rings. The van der Waals surface area contributed by atoms with E-state index in [4.69, 9.17) is 4.74 Å². The van der Waals surface area contributed by atoms with Crippen LogP contribution in [0.2, 0.25) is 0 Å². The molecule has 0 bridgehead atoms. The Kier molecular flexibility index (Phi) is 2.63. The highest BCUT2D eigenvalue weighted by molar-refractivity contribution is 5.89.